The van der Waals surface area contributed by atoms with Crippen LogP contribution in [0.4, 0.5) is 0 Å². The lowest BCUT2D eigenvalue weighted by molar-refractivity contribution is -0.132. The number of carbonyl (C=O) groups excluding carboxylic acids is 1. The lowest BCUT2D eigenvalue weighted by Crippen LogP contribution is -2.30. The molecule has 0 unspecified atom stereocenters. The van der Waals surface area contributed by atoms with Crippen LogP contribution >= 0.6 is 0 Å². The van der Waals surface area contributed by atoms with E-state index in [2.05, 4.69) is 10.1 Å². The Kier molecular flexibility index (Phi) is 3.80. The molecule has 0 N–H and O–H groups in total. The van der Waals surface area contributed by atoms with Crippen molar-refractivity contribution in [1.29, 1.82) is 0 Å². The van der Waals surface area contributed by atoms with Crippen molar-refractivity contribution in [2.75, 3.05) is 6.54 Å². The number of nitrogens with zero attached hydrogens (tertiary/aromatic N) is 4. The van der Waals surface area contributed by atoms with E-state index in [1.165, 1.54) is 0 Å². The lowest BCUT2D eigenvalue weighted by Gasteiger charge is -2.23. The fourth-order valence-electron chi connectivity index (χ4n) is 3.41. The maximum Gasteiger partial charge on any atom is 0.223 e. The standard InChI is InChI=1S/C18H20N4O2/c1-21-12-13(11-19-21)15-6-4-10-22(15)18(23)9-8-17-20-14-5-2-3-7-16(14)24-17/h2-3,5,7,11-12,15H,4,6,8-10H2,1H3/t15-/m1/s1. The first kappa shape index (κ1) is 14.9. The molecule has 3 aromatic rings. The minimum Gasteiger partial charge on any atom is -0.441 e. The van der Waals surface area contributed by atoms with E-state index in [1.54, 1.807) is 4.68 Å². The van der Waals surface area contributed by atoms with Crippen molar-refractivity contribution in [1.82, 2.24) is 19.7 Å². The van der Waals surface area contributed by atoms with Crippen LogP contribution in [-0.4, -0.2) is 32.1 Å². The number of para-hydroxylation sites is 2. The van der Waals surface area contributed by atoms with Crippen molar-refractivity contribution in [3.05, 3.63) is 48.1 Å². The van der Waals surface area contributed by atoms with Crippen molar-refractivity contribution in [2.45, 2.75) is 31.7 Å². The second-order valence-electron chi connectivity index (χ2n) is 6.27. The summed E-state index contributed by atoms with van der Waals surface area (Å²) >= 11 is 0. The molecule has 124 valence electrons. The quantitative estimate of drug-likeness (QED) is 0.740. The Labute approximate surface area is 140 Å². The number of oxazole rings is 1. The highest BCUT2D eigenvalue weighted by Crippen LogP contribution is 2.32. The number of amides is 1. The van der Waals surface area contributed by atoms with Crippen LogP contribution in [0, 0.1) is 0 Å². The number of hydrogen-bond donors (Lipinski definition) is 0. The van der Waals surface area contributed by atoms with Gasteiger partial charge in [0.1, 0.15) is 5.52 Å². The summed E-state index contributed by atoms with van der Waals surface area (Å²) in [5.74, 6) is 0.783. The van der Waals surface area contributed by atoms with Gasteiger partial charge in [-0.25, -0.2) is 4.98 Å². The van der Waals surface area contributed by atoms with Gasteiger partial charge in [-0.15, -0.1) is 0 Å². The second-order valence-corrected chi connectivity index (χ2v) is 6.27. The Morgan fingerprint density at radius 3 is 3.04 bits per heavy atom. The van der Waals surface area contributed by atoms with Crippen LogP contribution in [0.3, 0.4) is 0 Å². The van der Waals surface area contributed by atoms with Crippen LogP contribution in [0.5, 0.6) is 0 Å². The molecule has 1 fully saturated rings. The molecule has 0 radical (unpaired) electrons. The molecule has 1 aliphatic rings. The summed E-state index contributed by atoms with van der Waals surface area (Å²) in [5.41, 5.74) is 2.73. The molecule has 3 heterocycles. The summed E-state index contributed by atoms with van der Waals surface area (Å²) in [7, 11) is 1.90. The highest BCUT2D eigenvalue weighted by atomic mass is 16.3. The van der Waals surface area contributed by atoms with E-state index < -0.39 is 0 Å². The van der Waals surface area contributed by atoms with Gasteiger partial charge in [0.2, 0.25) is 5.91 Å². The highest BCUT2D eigenvalue weighted by Gasteiger charge is 2.30. The Morgan fingerprint density at radius 2 is 2.25 bits per heavy atom. The smallest absolute Gasteiger partial charge is 0.223 e. The van der Waals surface area contributed by atoms with E-state index in [-0.39, 0.29) is 11.9 Å². The molecule has 0 aliphatic carbocycles. The van der Waals surface area contributed by atoms with Gasteiger partial charge >= 0.3 is 0 Å². The van der Waals surface area contributed by atoms with Gasteiger partial charge in [0.25, 0.3) is 0 Å². The molecule has 1 saturated heterocycles. The van der Waals surface area contributed by atoms with Crippen LogP contribution in [0.25, 0.3) is 11.1 Å². The molecule has 1 atom stereocenters. The third-order valence-corrected chi connectivity index (χ3v) is 4.57. The number of carbonyl (C=O) groups is 1. The number of benzene rings is 1. The molecule has 1 aromatic carbocycles. The zero-order valence-electron chi connectivity index (χ0n) is 13.7. The van der Waals surface area contributed by atoms with Gasteiger partial charge in [-0.3, -0.25) is 9.48 Å². The van der Waals surface area contributed by atoms with Crippen LogP contribution in [-0.2, 0) is 18.3 Å². The van der Waals surface area contributed by atoms with Crippen LogP contribution in [0.1, 0.15) is 36.8 Å². The van der Waals surface area contributed by atoms with Crippen LogP contribution < -0.4 is 0 Å². The van der Waals surface area contributed by atoms with E-state index in [4.69, 9.17) is 4.42 Å². The van der Waals surface area contributed by atoms with Gasteiger partial charge < -0.3 is 9.32 Å². The second kappa shape index (κ2) is 6.11. The molecule has 4 rings (SSSR count). The molecule has 6 heteroatoms. The molecule has 24 heavy (non-hydrogen) atoms. The normalized spacial score (nSPS) is 17.7. The summed E-state index contributed by atoms with van der Waals surface area (Å²) in [5, 5.41) is 4.23. The molecule has 0 bridgehead atoms. The third-order valence-electron chi connectivity index (χ3n) is 4.57. The largest absolute Gasteiger partial charge is 0.441 e. The predicted molar refractivity (Wildman–Crippen MR) is 89.2 cm³/mol. The zero-order chi connectivity index (χ0) is 16.5. The van der Waals surface area contributed by atoms with E-state index in [0.717, 1.165) is 36.0 Å². The van der Waals surface area contributed by atoms with Crippen LogP contribution in [0.15, 0.2) is 41.1 Å². The number of hydrogen-bond acceptors (Lipinski definition) is 4. The van der Waals surface area contributed by atoms with Gasteiger partial charge in [-0.1, -0.05) is 12.1 Å². The first-order valence-corrected chi connectivity index (χ1v) is 8.33. The van der Waals surface area contributed by atoms with Crippen molar-refractivity contribution >= 4 is 17.0 Å². The summed E-state index contributed by atoms with van der Waals surface area (Å²) in [4.78, 5) is 19.1. The average molecular weight is 324 g/mol. The van der Waals surface area contributed by atoms with E-state index in [9.17, 15) is 4.79 Å². The number of aromatic nitrogens is 3. The first-order chi connectivity index (χ1) is 11.7. The molecule has 6 nitrogen and oxygen atoms in total. The van der Waals surface area contributed by atoms with Gasteiger partial charge in [-0.05, 0) is 25.0 Å². The molecular weight excluding hydrogens is 304 g/mol. The minimum absolute atomic E-state index is 0.148. The molecule has 0 spiro atoms. The predicted octanol–water partition coefficient (Wildman–Crippen LogP) is 2.86. The van der Waals surface area contributed by atoms with Crippen molar-refractivity contribution in [3.8, 4) is 0 Å². The van der Waals surface area contributed by atoms with E-state index >= 15 is 0 Å². The summed E-state index contributed by atoms with van der Waals surface area (Å²) in [6, 6.07) is 7.82. The number of rotatable bonds is 4. The fraction of sp³-hybridized carbons (Fsp3) is 0.389. The van der Waals surface area contributed by atoms with Crippen LogP contribution in [0.2, 0.25) is 0 Å². The Bertz CT molecular complexity index is 834. The third kappa shape index (κ3) is 2.79. The number of aryl methyl sites for hydroxylation is 2. The topological polar surface area (TPSA) is 64.2 Å². The number of fused-ring (bicyclic) bond motifs is 1. The summed E-state index contributed by atoms with van der Waals surface area (Å²) < 4.78 is 7.49. The molecule has 2 aromatic heterocycles. The first-order valence-electron chi connectivity index (χ1n) is 8.33. The van der Waals surface area contributed by atoms with Gasteiger partial charge in [0.15, 0.2) is 11.5 Å². The van der Waals surface area contributed by atoms with Gasteiger partial charge in [0.05, 0.1) is 12.2 Å². The average Bonchev–Trinajstić information content (AvgIpc) is 3.30. The number of likely N-dealkylation sites (tertiary alicyclic amines) is 1. The van der Waals surface area contributed by atoms with Gasteiger partial charge in [-0.2, -0.15) is 5.10 Å². The molecular formula is C18H20N4O2. The Morgan fingerprint density at radius 1 is 1.38 bits per heavy atom. The van der Waals surface area contributed by atoms with E-state index in [1.807, 2.05) is 48.6 Å². The SMILES string of the molecule is Cn1cc([C@H]2CCCN2C(=O)CCc2nc3ccccc3o2)cn1. The fourth-order valence-corrected chi connectivity index (χ4v) is 3.41. The highest BCUT2D eigenvalue weighted by molar-refractivity contribution is 5.77. The maximum absolute atomic E-state index is 12.7. The van der Waals surface area contributed by atoms with Gasteiger partial charge in [0, 0.05) is 38.2 Å². The van der Waals surface area contributed by atoms with Crippen molar-refractivity contribution in [3.63, 3.8) is 0 Å². The maximum atomic E-state index is 12.7. The molecule has 0 saturated carbocycles. The molecule has 1 amide bonds. The minimum atomic E-state index is 0.148. The monoisotopic (exact) mass is 324 g/mol. The lowest BCUT2D eigenvalue weighted by atomic mass is 10.1. The van der Waals surface area contributed by atoms with Crippen molar-refractivity contribution in [2.24, 2.45) is 7.05 Å². The molecule has 1 aliphatic heterocycles. The Hall–Kier alpha value is -2.63. The van der Waals surface area contributed by atoms with E-state index in [0.29, 0.717) is 18.7 Å². The summed E-state index contributed by atoms with van der Waals surface area (Å²) in [6.07, 6.45) is 6.84. The zero-order valence-corrected chi connectivity index (χ0v) is 13.7. The Balaban J connectivity index is 1.43. The summed E-state index contributed by atoms with van der Waals surface area (Å²) in [6.45, 7) is 0.811. The van der Waals surface area contributed by atoms with Crippen molar-refractivity contribution < 1.29 is 9.21 Å².